The molecule has 0 bridgehead atoms. The Morgan fingerprint density at radius 2 is 1.87 bits per heavy atom. The number of carbonyl (C=O) groups excluding carboxylic acids is 1. The maximum atomic E-state index is 11.8. The van der Waals surface area contributed by atoms with Gasteiger partial charge in [-0.25, -0.2) is 4.79 Å². The highest BCUT2D eigenvalue weighted by Crippen LogP contribution is 2.37. The maximum Gasteiger partial charge on any atom is 0.348 e. The molecule has 0 spiro atoms. The van der Waals surface area contributed by atoms with Crippen LogP contribution in [0.4, 0.5) is 0 Å². The number of carbonyl (C=O) groups is 1. The molecule has 0 unspecified atom stereocenters. The molecule has 0 saturated carbocycles. The van der Waals surface area contributed by atoms with Crippen LogP contribution >= 0.6 is 15.9 Å². The maximum absolute atomic E-state index is 11.8. The number of methoxy groups -OCH3 is 1. The molecule has 30 heavy (non-hydrogen) atoms. The Bertz CT molecular complexity index is 978. The van der Waals surface area contributed by atoms with Crippen LogP contribution in [0.5, 0.6) is 17.2 Å². The van der Waals surface area contributed by atoms with E-state index < -0.39 is 5.97 Å². The van der Waals surface area contributed by atoms with Crippen LogP contribution in [0, 0.1) is 25.2 Å². The molecule has 2 rings (SSSR count). The van der Waals surface area contributed by atoms with Crippen LogP contribution in [0.3, 0.4) is 0 Å². The zero-order valence-corrected chi connectivity index (χ0v) is 19.0. The Balaban J connectivity index is 2.09. The van der Waals surface area contributed by atoms with Crippen LogP contribution in [-0.2, 0) is 9.53 Å². The third-order valence-electron chi connectivity index (χ3n) is 4.26. The second kappa shape index (κ2) is 11.3. The summed E-state index contributed by atoms with van der Waals surface area (Å²) in [7, 11) is 1.52. The molecule has 0 aliphatic heterocycles. The lowest BCUT2D eigenvalue weighted by Crippen LogP contribution is -2.10. The van der Waals surface area contributed by atoms with Crippen LogP contribution in [-0.4, -0.2) is 32.9 Å². The molecular formula is C23H24BrNO5. The van der Waals surface area contributed by atoms with Gasteiger partial charge in [-0.15, -0.1) is 0 Å². The summed E-state index contributed by atoms with van der Waals surface area (Å²) in [6.45, 7) is 6.64. The van der Waals surface area contributed by atoms with Crippen molar-refractivity contribution < 1.29 is 23.7 Å². The van der Waals surface area contributed by atoms with Gasteiger partial charge < -0.3 is 18.9 Å². The molecule has 0 amide bonds. The minimum Gasteiger partial charge on any atom is -0.493 e. The van der Waals surface area contributed by atoms with E-state index in [1.54, 1.807) is 19.1 Å². The number of hydrogen-bond donors (Lipinski definition) is 0. The summed E-state index contributed by atoms with van der Waals surface area (Å²) in [5, 5.41) is 9.20. The summed E-state index contributed by atoms with van der Waals surface area (Å²) in [6, 6.07) is 11.2. The molecule has 0 fully saturated rings. The van der Waals surface area contributed by atoms with E-state index in [0.717, 1.165) is 5.75 Å². The highest BCUT2D eigenvalue weighted by atomic mass is 79.9. The normalized spacial score (nSPS) is 10.9. The molecular weight excluding hydrogens is 450 g/mol. The SMILES string of the molecule is CCOC(=O)/C(C#N)=C\c1cc(Br)c(OCCOc2ccc(C)c(C)c2)c(OC)c1. The van der Waals surface area contributed by atoms with Crippen LogP contribution in [0.15, 0.2) is 40.4 Å². The number of nitrogens with zero attached hydrogens (tertiary/aromatic N) is 1. The van der Waals surface area contributed by atoms with Gasteiger partial charge in [0.2, 0.25) is 0 Å². The first-order chi connectivity index (χ1) is 14.4. The monoisotopic (exact) mass is 473 g/mol. The van der Waals surface area contributed by atoms with Gasteiger partial charge >= 0.3 is 5.97 Å². The first-order valence-electron chi connectivity index (χ1n) is 9.38. The number of aryl methyl sites for hydroxylation is 2. The third-order valence-corrected chi connectivity index (χ3v) is 4.84. The second-order valence-corrected chi connectivity index (χ2v) is 7.22. The van der Waals surface area contributed by atoms with Gasteiger partial charge in [-0.1, -0.05) is 6.07 Å². The van der Waals surface area contributed by atoms with Crippen LogP contribution in [0.1, 0.15) is 23.6 Å². The number of ether oxygens (including phenoxy) is 4. The van der Waals surface area contributed by atoms with Crippen molar-refractivity contribution in [1.29, 1.82) is 5.26 Å². The van der Waals surface area contributed by atoms with Gasteiger partial charge in [0.1, 0.15) is 30.6 Å². The fourth-order valence-electron chi connectivity index (χ4n) is 2.58. The van der Waals surface area contributed by atoms with Gasteiger partial charge in [-0.05, 0) is 83.7 Å². The lowest BCUT2D eigenvalue weighted by molar-refractivity contribution is -0.137. The number of esters is 1. The zero-order valence-electron chi connectivity index (χ0n) is 17.5. The van der Waals surface area contributed by atoms with Crippen LogP contribution in [0.25, 0.3) is 6.08 Å². The molecule has 6 nitrogen and oxygen atoms in total. The first-order valence-corrected chi connectivity index (χ1v) is 10.2. The molecule has 0 N–H and O–H groups in total. The molecule has 2 aromatic carbocycles. The Morgan fingerprint density at radius 3 is 2.50 bits per heavy atom. The van der Waals surface area contributed by atoms with Gasteiger partial charge in [-0.2, -0.15) is 5.26 Å². The molecule has 2 aromatic rings. The standard InChI is InChI=1S/C23H24BrNO5/c1-5-28-23(26)18(14-25)11-17-12-20(24)22(21(13-17)27-4)30-9-8-29-19-7-6-15(2)16(3)10-19/h6-7,10-13H,5,8-9H2,1-4H3/b18-11-. The molecule has 0 radical (unpaired) electrons. The Hall–Kier alpha value is -2.98. The van der Waals surface area contributed by atoms with E-state index in [-0.39, 0.29) is 12.2 Å². The fraction of sp³-hybridized carbons (Fsp3) is 0.304. The summed E-state index contributed by atoms with van der Waals surface area (Å²) in [6.07, 6.45) is 1.44. The predicted octanol–water partition coefficient (Wildman–Crippen LogP) is 5.00. The van der Waals surface area contributed by atoms with Crippen molar-refractivity contribution in [1.82, 2.24) is 0 Å². The lowest BCUT2D eigenvalue weighted by Gasteiger charge is -2.14. The largest absolute Gasteiger partial charge is 0.493 e. The van der Waals surface area contributed by atoms with Crippen LogP contribution < -0.4 is 14.2 Å². The quantitative estimate of drug-likeness (QED) is 0.220. The van der Waals surface area contributed by atoms with Crippen molar-refractivity contribution in [3.05, 3.63) is 57.1 Å². The smallest absolute Gasteiger partial charge is 0.348 e. The predicted molar refractivity (Wildman–Crippen MR) is 118 cm³/mol. The van der Waals surface area contributed by atoms with E-state index in [1.807, 2.05) is 31.2 Å². The molecule has 7 heteroatoms. The lowest BCUT2D eigenvalue weighted by atomic mass is 10.1. The van der Waals surface area contributed by atoms with Gasteiger partial charge in [0.25, 0.3) is 0 Å². The van der Waals surface area contributed by atoms with Gasteiger partial charge in [-0.3, -0.25) is 0 Å². The summed E-state index contributed by atoms with van der Waals surface area (Å²) in [4.78, 5) is 11.8. The summed E-state index contributed by atoms with van der Waals surface area (Å²) in [5.74, 6) is 1.09. The fourth-order valence-corrected chi connectivity index (χ4v) is 3.16. The number of benzene rings is 2. The van der Waals surface area contributed by atoms with Crippen molar-refractivity contribution in [2.45, 2.75) is 20.8 Å². The van der Waals surface area contributed by atoms with E-state index in [1.165, 1.54) is 24.3 Å². The van der Waals surface area contributed by atoms with Crippen molar-refractivity contribution in [3.63, 3.8) is 0 Å². The van der Waals surface area contributed by atoms with E-state index in [0.29, 0.717) is 34.7 Å². The molecule has 0 aromatic heterocycles. The number of nitriles is 1. The van der Waals surface area contributed by atoms with Crippen molar-refractivity contribution in [2.75, 3.05) is 26.9 Å². The van der Waals surface area contributed by atoms with E-state index in [2.05, 4.69) is 22.9 Å². The van der Waals surface area contributed by atoms with Gasteiger partial charge in [0.05, 0.1) is 18.2 Å². The molecule has 0 heterocycles. The zero-order chi connectivity index (χ0) is 22.1. The summed E-state index contributed by atoms with van der Waals surface area (Å²) < 4.78 is 22.5. The Morgan fingerprint density at radius 1 is 1.13 bits per heavy atom. The summed E-state index contributed by atoms with van der Waals surface area (Å²) in [5.41, 5.74) is 2.88. The number of halogens is 1. The average molecular weight is 474 g/mol. The summed E-state index contributed by atoms with van der Waals surface area (Å²) >= 11 is 3.46. The number of rotatable bonds is 9. The van der Waals surface area contributed by atoms with Gasteiger partial charge in [0, 0.05) is 0 Å². The average Bonchev–Trinajstić information content (AvgIpc) is 2.72. The molecule has 0 aliphatic carbocycles. The minimum atomic E-state index is -0.668. The minimum absolute atomic E-state index is 0.0961. The second-order valence-electron chi connectivity index (χ2n) is 6.37. The molecule has 0 saturated heterocycles. The Labute approximate surface area is 185 Å². The van der Waals surface area contributed by atoms with Crippen molar-refractivity contribution in [3.8, 4) is 23.3 Å². The van der Waals surface area contributed by atoms with Gasteiger partial charge in [0.15, 0.2) is 11.5 Å². The highest BCUT2D eigenvalue weighted by molar-refractivity contribution is 9.10. The highest BCUT2D eigenvalue weighted by Gasteiger charge is 2.14. The topological polar surface area (TPSA) is 77.8 Å². The van der Waals surface area contributed by atoms with Crippen molar-refractivity contribution in [2.24, 2.45) is 0 Å². The van der Waals surface area contributed by atoms with E-state index in [4.69, 9.17) is 18.9 Å². The van der Waals surface area contributed by atoms with Crippen LogP contribution in [0.2, 0.25) is 0 Å². The number of hydrogen-bond acceptors (Lipinski definition) is 6. The van der Waals surface area contributed by atoms with E-state index >= 15 is 0 Å². The molecule has 0 aliphatic rings. The Kier molecular flexibility index (Phi) is 8.75. The third kappa shape index (κ3) is 6.26. The van der Waals surface area contributed by atoms with E-state index in [9.17, 15) is 10.1 Å². The van der Waals surface area contributed by atoms with Crippen molar-refractivity contribution >= 4 is 28.0 Å². The molecule has 0 atom stereocenters. The molecule has 158 valence electrons. The first kappa shape index (κ1) is 23.3.